The highest BCUT2D eigenvalue weighted by atomic mass is 127. The molecule has 6 heteroatoms. The van der Waals surface area contributed by atoms with Gasteiger partial charge in [0.2, 0.25) is 0 Å². The summed E-state index contributed by atoms with van der Waals surface area (Å²) < 4.78 is 0. The number of halogens is 2. The smallest absolute Gasteiger partial charge is 0.193 e. The lowest BCUT2D eigenvalue weighted by Gasteiger charge is -2.38. The third kappa shape index (κ3) is 3.80. The van der Waals surface area contributed by atoms with Gasteiger partial charge in [-0.15, -0.1) is 24.0 Å². The quantitative estimate of drug-likeness (QED) is 0.345. The fraction of sp³-hybridized carbons (Fsp3) is 0.600. The van der Waals surface area contributed by atoms with Gasteiger partial charge >= 0.3 is 0 Å². The average molecular weight is 421 g/mol. The number of rotatable bonds is 2. The lowest BCUT2D eigenvalue weighted by Crippen LogP contribution is -2.42. The molecular weight excluding hydrogens is 399 g/mol. The van der Waals surface area contributed by atoms with Crippen LogP contribution in [0.25, 0.3) is 0 Å². The molecule has 21 heavy (non-hydrogen) atoms. The van der Waals surface area contributed by atoms with Gasteiger partial charge in [0.25, 0.3) is 0 Å². The van der Waals surface area contributed by atoms with Gasteiger partial charge in [-0.25, -0.2) is 4.98 Å². The molecule has 0 aromatic carbocycles. The Balaban J connectivity index is 0.00000161. The Labute approximate surface area is 148 Å². The van der Waals surface area contributed by atoms with Crippen molar-refractivity contribution >= 4 is 41.5 Å². The summed E-state index contributed by atoms with van der Waals surface area (Å²) in [6, 6.07) is 3.81. The van der Waals surface area contributed by atoms with Crippen molar-refractivity contribution in [3.8, 4) is 0 Å². The first-order valence-electron chi connectivity index (χ1n) is 7.27. The van der Waals surface area contributed by atoms with Crippen molar-refractivity contribution in [3.05, 3.63) is 29.0 Å². The van der Waals surface area contributed by atoms with E-state index in [1.54, 1.807) is 6.20 Å². The Morgan fingerprint density at radius 3 is 2.76 bits per heavy atom. The number of nitrogens with one attached hydrogen (secondary N) is 1. The molecule has 1 aromatic heterocycles. The minimum Gasteiger partial charge on any atom is -0.352 e. The van der Waals surface area contributed by atoms with Crippen LogP contribution in [0.4, 0.5) is 0 Å². The number of guanidine groups is 1. The summed E-state index contributed by atoms with van der Waals surface area (Å²) in [6.45, 7) is 3.02. The van der Waals surface area contributed by atoms with Crippen LogP contribution in [0, 0.1) is 5.41 Å². The summed E-state index contributed by atoms with van der Waals surface area (Å²) in [6.07, 6.45) is 7.30. The van der Waals surface area contributed by atoms with E-state index in [-0.39, 0.29) is 24.0 Å². The molecule has 116 valence electrons. The second kappa shape index (κ2) is 7.13. The molecule has 1 aliphatic heterocycles. The number of hydrogen-bond donors (Lipinski definition) is 1. The third-order valence-corrected chi connectivity index (χ3v) is 4.83. The zero-order valence-electron chi connectivity index (χ0n) is 12.3. The Bertz CT molecular complexity index is 499. The topological polar surface area (TPSA) is 40.5 Å². The predicted molar refractivity (Wildman–Crippen MR) is 97.3 cm³/mol. The largest absolute Gasteiger partial charge is 0.352 e. The molecule has 0 bridgehead atoms. The summed E-state index contributed by atoms with van der Waals surface area (Å²) in [5, 5.41) is 3.96. The molecule has 1 aromatic rings. The van der Waals surface area contributed by atoms with Gasteiger partial charge in [-0.3, -0.25) is 4.99 Å². The third-order valence-electron chi connectivity index (χ3n) is 4.60. The summed E-state index contributed by atoms with van der Waals surface area (Å²) in [7, 11) is 1.86. The van der Waals surface area contributed by atoms with Crippen molar-refractivity contribution in [2.45, 2.75) is 32.2 Å². The number of hydrogen-bond acceptors (Lipinski definition) is 2. The monoisotopic (exact) mass is 420 g/mol. The number of nitrogens with zero attached hydrogens (tertiary/aromatic N) is 3. The van der Waals surface area contributed by atoms with Gasteiger partial charge in [0.1, 0.15) is 5.15 Å². The number of likely N-dealkylation sites (tertiary alicyclic amines) is 1. The van der Waals surface area contributed by atoms with Crippen molar-refractivity contribution in [2.24, 2.45) is 10.4 Å². The zero-order valence-corrected chi connectivity index (χ0v) is 15.4. The van der Waals surface area contributed by atoms with Gasteiger partial charge < -0.3 is 10.2 Å². The van der Waals surface area contributed by atoms with Gasteiger partial charge in [-0.1, -0.05) is 24.1 Å². The second-order valence-electron chi connectivity index (χ2n) is 5.92. The highest BCUT2D eigenvalue weighted by Crippen LogP contribution is 2.47. The normalized spacial score (nSPS) is 20.1. The standard InChI is InChI=1S/C15H21ClN4.HI/c1-17-14(19-10-12-3-4-13(16)18-9-12)20-8-7-15(11-20)5-2-6-15;/h3-4,9H,2,5-8,10-11H2,1H3,(H,17,19);1H. The molecule has 1 aliphatic carbocycles. The fourth-order valence-corrected chi connectivity index (χ4v) is 3.34. The van der Waals surface area contributed by atoms with Crippen LogP contribution in [-0.2, 0) is 6.54 Å². The van der Waals surface area contributed by atoms with Crippen LogP contribution in [0.15, 0.2) is 23.3 Å². The van der Waals surface area contributed by atoms with Crippen LogP contribution in [0.5, 0.6) is 0 Å². The molecule has 2 heterocycles. The van der Waals surface area contributed by atoms with E-state index in [0.717, 1.165) is 31.2 Å². The highest BCUT2D eigenvalue weighted by Gasteiger charge is 2.43. The molecule has 4 nitrogen and oxygen atoms in total. The molecule has 0 atom stereocenters. The van der Waals surface area contributed by atoms with Gasteiger partial charge in [0.15, 0.2) is 5.96 Å². The molecule has 3 rings (SSSR count). The lowest BCUT2D eigenvalue weighted by atomic mass is 9.68. The van der Waals surface area contributed by atoms with E-state index in [0.29, 0.717) is 10.6 Å². The van der Waals surface area contributed by atoms with Crippen molar-refractivity contribution in [1.82, 2.24) is 15.2 Å². The maximum absolute atomic E-state index is 5.80. The minimum atomic E-state index is 0. The maximum atomic E-state index is 5.80. The minimum absolute atomic E-state index is 0. The molecule has 1 spiro atoms. The number of aromatic nitrogens is 1. The number of aliphatic imine (C=N–C) groups is 1. The van der Waals surface area contributed by atoms with Crippen LogP contribution < -0.4 is 5.32 Å². The van der Waals surface area contributed by atoms with Crippen LogP contribution >= 0.6 is 35.6 Å². The Kier molecular flexibility index (Phi) is 5.71. The average Bonchev–Trinajstić information content (AvgIpc) is 2.87. The molecule has 1 saturated carbocycles. The van der Waals surface area contributed by atoms with E-state index in [4.69, 9.17) is 11.6 Å². The van der Waals surface area contributed by atoms with Gasteiger partial charge in [0.05, 0.1) is 0 Å². The first kappa shape index (κ1) is 16.8. The number of pyridine rings is 1. The van der Waals surface area contributed by atoms with Crippen LogP contribution in [-0.4, -0.2) is 36.0 Å². The van der Waals surface area contributed by atoms with Gasteiger partial charge in [-0.2, -0.15) is 0 Å². The Morgan fingerprint density at radius 1 is 1.43 bits per heavy atom. The van der Waals surface area contributed by atoms with Crippen molar-refractivity contribution in [2.75, 3.05) is 20.1 Å². The van der Waals surface area contributed by atoms with E-state index in [1.807, 2.05) is 19.2 Å². The summed E-state index contributed by atoms with van der Waals surface area (Å²) in [5.41, 5.74) is 1.72. The van der Waals surface area contributed by atoms with E-state index in [1.165, 1.54) is 25.7 Å². The first-order chi connectivity index (χ1) is 9.71. The van der Waals surface area contributed by atoms with Gasteiger partial charge in [-0.05, 0) is 36.3 Å². The van der Waals surface area contributed by atoms with Crippen LogP contribution in [0.3, 0.4) is 0 Å². The van der Waals surface area contributed by atoms with E-state index in [9.17, 15) is 0 Å². The SMILES string of the molecule is CN=C(NCc1ccc(Cl)nc1)N1CCC2(CCC2)C1.I. The molecule has 1 N–H and O–H groups in total. The Morgan fingerprint density at radius 2 is 2.24 bits per heavy atom. The summed E-state index contributed by atoms with van der Waals surface area (Å²) in [5.74, 6) is 1.00. The fourth-order valence-electron chi connectivity index (χ4n) is 3.23. The van der Waals surface area contributed by atoms with E-state index >= 15 is 0 Å². The van der Waals surface area contributed by atoms with Crippen molar-refractivity contribution in [3.63, 3.8) is 0 Å². The predicted octanol–water partition coefficient (Wildman–Crippen LogP) is 3.30. The highest BCUT2D eigenvalue weighted by molar-refractivity contribution is 14.0. The molecule has 0 unspecified atom stereocenters. The molecule has 1 saturated heterocycles. The van der Waals surface area contributed by atoms with E-state index < -0.39 is 0 Å². The van der Waals surface area contributed by atoms with Crippen molar-refractivity contribution in [1.29, 1.82) is 0 Å². The molecule has 0 amide bonds. The van der Waals surface area contributed by atoms with Crippen molar-refractivity contribution < 1.29 is 0 Å². The molecular formula is C15H22ClIN4. The zero-order chi connectivity index (χ0) is 14.0. The maximum Gasteiger partial charge on any atom is 0.193 e. The summed E-state index contributed by atoms with van der Waals surface area (Å²) >= 11 is 5.80. The molecule has 0 radical (unpaired) electrons. The van der Waals surface area contributed by atoms with Crippen LogP contribution in [0.1, 0.15) is 31.2 Å². The summed E-state index contributed by atoms with van der Waals surface area (Å²) in [4.78, 5) is 10.9. The van der Waals surface area contributed by atoms with Gasteiger partial charge in [0, 0.05) is 32.9 Å². The van der Waals surface area contributed by atoms with Crippen LogP contribution in [0.2, 0.25) is 5.15 Å². The Hall–Kier alpha value is -0.560. The molecule has 2 aliphatic rings. The molecule has 2 fully saturated rings. The second-order valence-corrected chi connectivity index (χ2v) is 6.30. The van der Waals surface area contributed by atoms with E-state index in [2.05, 4.69) is 20.2 Å². The first-order valence-corrected chi connectivity index (χ1v) is 7.65. The lowest BCUT2D eigenvalue weighted by molar-refractivity contribution is 0.151.